The number of amides is 1. The van der Waals surface area contributed by atoms with Crippen molar-refractivity contribution >= 4 is 23.2 Å². The molecule has 4 heteroatoms. The molecular weight excluding hydrogens is 350 g/mol. The van der Waals surface area contributed by atoms with Gasteiger partial charge in [-0.1, -0.05) is 81.8 Å². The fraction of sp³-hybridized carbons (Fsp3) is 0.375. The Labute approximate surface area is 166 Å². The van der Waals surface area contributed by atoms with E-state index in [2.05, 4.69) is 12.2 Å². The molecule has 0 unspecified atom stereocenters. The fourth-order valence-corrected chi connectivity index (χ4v) is 3.70. The van der Waals surface area contributed by atoms with Crippen LogP contribution in [0.4, 0.5) is 5.69 Å². The molecule has 28 heavy (non-hydrogen) atoms. The summed E-state index contributed by atoms with van der Waals surface area (Å²) in [5.74, 6) is -0.494. The van der Waals surface area contributed by atoms with E-state index in [4.69, 9.17) is 0 Å². The van der Waals surface area contributed by atoms with Crippen LogP contribution in [0.2, 0.25) is 0 Å². The predicted molar refractivity (Wildman–Crippen MR) is 111 cm³/mol. The van der Waals surface area contributed by atoms with E-state index >= 15 is 0 Å². The first kappa shape index (κ1) is 20.0. The van der Waals surface area contributed by atoms with Gasteiger partial charge in [-0.05, 0) is 12.5 Å². The molecule has 1 N–H and O–H groups in total. The average Bonchev–Trinajstić information content (AvgIpc) is 2.71. The highest BCUT2D eigenvalue weighted by Crippen LogP contribution is 2.32. The Morgan fingerprint density at radius 2 is 1.36 bits per heavy atom. The van der Waals surface area contributed by atoms with E-state index in [0.29, 0.717) is 34.4 Å². The highest BCUT2D eigenvalue weighted by molar-refractivity contribution is 6.30. The normalized spacial score (nSPS) is 12.5. The van der Waals surface area contributed by atoms with E-state index in [9.17, 15) is 14.4 Å². The van der Waals surface area contributed by atoms with Crippen molar-refractivity contribution in [3.63, 3.8) is 0 Å². The summed E-state index contributed by atoms with van der Waals surface area (Å²) in [7, 11) is 0. The Hall–Kier alpha value is -2.75. The first-order valence-corrected chi connectivity index (χ1v) is 10.2. The van der Waals surface area contributed by atoms with Gasteiger partial charge in [0, 0.05) is 23.1 Å². The Bertz CT molecular complexity index is 885. The first-order valence-electron chi connectivity index (χ1n) is 10.2. The summed E-state index contributed by atoms with van der Waals surface area (Å²) in [5, 5.41) is 2.85. The third-order valence-electron chi connectivity index (χ3n) is 5.23. The number of hydrogen-bond acceptors (Lipinski definition) is 3. The van der Waals surface area contributed by atoms with Gasteiger partial charge >= 0.3 is 0 Å². The molecule has 0 spiro atoms. The molecule has 0 aliphatic heterocycles. The van der Waals surface area contributed by atoms with Gasteiger partial charge < -0.3 is 5.32 Å². The summed E-state index contributed by atoms with van der Waals surface area (Å²) in [6.45, 7) is 2.20. The van der Waals surface area contributed by atoms with Crippen LogP contribution in [0.1, 0.15) is 90.1 Å². The molecule has 0 saturated heterocycles. The second kappa shape index (κ2) is 9.45. The zero-order chi connectivity index (χ0) is 19.9. The highest BCUT2D eigenvalue weighted by Gasteiger charge is 2.31. The number of rotatable bonds is 9. The van der Waals surface area contributed by atoms with Gasteiger partial charge in [-0.3, -0.25) is 14.4 Å². The summed E-state index contributed by atoms with van der Waals surface area (Å²) >= 11 is 0. The van der Waals surface area contributed by atoms with Crippen molar-refractivity contribution in [2.45, 2.75) is 58.3 Å². The molecule has 0 saturated carbocycles. The summed E-state index contributed by atoms with van der Waals surface area (Å²) in [5.41, 5.74) is 1.91. The Kier molecular flexibility index (Phi) is 6.75. The van der Waals surface area contributed by atoms with Crippen LogP contribution in [-0.4, -0.2) is 17.5 Å². The number of anilines is 1. The van der Waals surface area contributed by atoms with E-state index in [1.165, 1.54) is 25.7 Å². The number of fused-ring (bicyclic) bond motifs is 2. The Balaban J connectivity index is 1.64. The predicted octanol–water partition coefficient (Wildman–Crippen LogP) is 5.54. The van der Waals surface area contributed by atoms with Gasteiger partial charge in [0.2, 0.25) is 5.91 Å². The van der Waals surface area contributed by atoms with Crippen molar-refractivity contribution in [1.82, 2.24) is 0 Å². The van der Waals surface area contributed by atoms with Gasteiger partial charge in [-0.2, -0.15) is 0 Å². The first-order chi connectivity index (χ1) is 13.6. The SMILES string of the molecule is CCCCCCCCCC(=O)Nc1cccc2c1C(=O)c1ccccc1C2=O. The molecule has 1 aliphatic rings. The van der Waals surface area contributed by atoms with E-state index in [1.807, 2.05) is 0 Å². The minimum atomic E-state index is -0.211. The van der Waals surface area contributed by atoms with Crippen molar-refractivity contribution in [1.29, 1.82) is 0 Å². The molecule has 1 aliphatic carbocycles. The lowest BCUT2D eigenvalue weighted by Gasteiger charge is -2.20. The maximum absolute atomic E-state index is 12.9. The highest BCUT2D eigenvalue weighted by atomic mass is 16.2. The summed E-state index contributed by atoms with van der Waals surface area (Å²) < 4.78 is 0. The van der Waals surface area contributed by atoms with Crippen LogP contribution in [0.3, 0.4) is 0 Å². The third-order valence-corrected chi connectivity index (χ3v) is 5.23. The number of unbranched alkanes of at least 4 members (excludes halogenated alkanes) is 6. The zero-order valence-corrected chi connectivity index (χ0v) is 16.4. The van der Waals surface area contributed by atoms with Crippen molar-refractivity contribution in [3.8, 4) is 0 Å². The lowest BCUT2D eigenvalue weighted by atomic mass is 9.83. The Morgan fingerprint density at radius 1 is 0.750 bits per heavy atom. The minimum absolute atomic E-state index is 0.110. The lowest BCUT2D eigenvalue weighted by Crippen LogP contribution is -2.23. The lowest BCUT2D eigenvalue weighted by molar-refractivity contribution is -0.116. The van der Waals surface area contributed by atoms with Crippen LogP contribution >= 0.6 is 0 Å². The largest absolute Gasteiger partial charge is 0.325 e. The van der Waals surface area contributed by atoms with Crippen LogP contribution in [0.15, 0.2) is 42.5 Å². The summed E-state index contributed by atoms with van der Waals surface area (Å²) in [4.78, 5) is 38.0. The van der Waals surface area contributed by atoms with E-state index in [1.54, 1.807) is 42.5 Å². The molecular formula is C24H27NO3. The molecule has 2 aromatic carbocycles. The van der Waals surface area contributed by atoms with Crippen molar-refractivity contribution in [2.24, 2.45) is 0 Å². The molecule has 3 rings (SSSR count). The molecule has 0 bridgehead atoms. The van der Waals surface area contributed by atoms with Crippen molar-refractivity contribution in [2.75, 3.05) is 5.32 Å². The minimum Gasteiger partial charge on any atom is -0.325 e. The standard InChI is InChI=1S/C24H27NO3/c1-2-3-4-5-6-7-8-16-21(26)25-20-15-11-14-19-22(20)24(28)18-13-10-9-12-17(18)23(19)27/h9-15H,2-8,16H2,1H3,(H,25,26). The maximum atomic E-state index is 12.9. The number of hydrogen-bond donors (Lipinski definition) is 1. The number of nitrogens with one attached hydrogen (secondary N) is 1. The van der Waals surface area contributed by atoms with Crippen LogP contribution in [0.5, 0.6) is 0 Å². The molecule has 0 radical (unpaired) electrons. The van der Waals surface area contributed by atoms with E-state index in [0.717, 1.165) is 19.3 Å². The molecule has 0 aromatic heterocycles. The second-order valence-corrected chi connectivity index (χ2v) is 7.35. The molecule has 4 nitrogen and oxygen atoms in total. The van der Waals surface area contributed by atoms with Crippen LogP contribution in [0.25, 0.3) is 0 Å². The molecule has 0 atom stereocenters. The van der Waals surface area contributed by atoms with Crippen LogP contribution in [-0.2, 0) is 4.79 Å². The topological polar surface area (TPSA) is 63.2 Å². The molecule has 0 heterocycles. The number of ketones is 2. The number of carbonyl (C=O) groups is 3. The van der Waals surface area contributed by atoms with E-state index < -0.39 is 0 Å². The summed E-state index contributed by atoms with van der Waals surface area (Å²) in [6.07, 6.45) is 8.44. The number of benzene rings is 2. The van der Waals surface area contributed by atoms with Gasteiger partial charge in [0.25, 0.3) is 0 Å². The molecule has 2 aromatic rings. The smallest absolute Gasteiger partial charge is 0.224 e. The van der Waals surface area contributed by atoms with Crippen molar-refractivity contribution < 1.29 is 14.4 Å². The summed E-state index contributed by atoms with van der Waals surface area (Å²) in [6, 6.07) is 11.9. The molecule has 0 fully saturated rings. The number of carbonyl (C=O) groups excluding carboxylic acids is 3. The van der Waals surface area contributed by atoms with Crippen molar-refractivity contribution in [3.05, 3.63) is 64.7 Å². The van der Waals surface area contributed by atoms with Gasteiger partial charge in [0.15, 0.2) is 11.6 Å². The van der Waals surface area contributed by atoms with Crippen LogP contribution < -0.4 is 5.32 Å². The Morgan fingerprint density at radius 3 is 2.07 bits per heavy atom. The zero-order valence-electron chi connectivity index (χ0n) is 16.4. The maximum Gasteiger partial charge on any atom is 0.224 e. The monoisotopic (exact) mass is 377 g/mol. The third kappa shape index (κ3) is 4.38. The van der Waals surface area contributed by atoms with Crippen LogP contribution in [0, 0.1) is 0 Å². The van der Waals surface area contributed by atoms with Gasteiger partial charge in [0.1, 0.15) is 0 Å². The van der Waals surface area contributed by atoms with Gasteiger partial charge in [-0.25, -0.2) is 0 Å². The fourth-order valence-electron chi connectivity index (χ4n) is 3.70. The van der Waals surface area contributed by atoms with Gasteiger partial charge in [0.05, 0.1) is 11.3 Å². The quantitative estimate of drug-likeness (QED) is 0.498. The second-order valence-electron chi connectivity index (χ2n) is 7.35. The molecule has 1 amide bonds. The molecule has 146 valence electrons. The van der Waals surface area contributed by atoms with Gasteiger partial charge in [-0.15, -0.1) is 0 Å². The van der Waals surface area contributed by atoms with E-state index in [-0.39, 0.29) is 17.5 Å². The average molecular weight is 377 g/mol.